The van der Waals surface area contributed by atoms with E-state index in [4.69, 9.17) is 5.73 Å². The van der Waals surface area contributed by atoms with Gasteiger partial charge in [-0.3, -0.25) is 4.98 Å². The number of hydrogen-bond acceptors (Lipinski definition) is 3. The highest BCUT2D eigenvalue weighted by atomic mass is 79.9. The van der Waals surface area contributed by atoms with Gasteiger partial charge >= 0.3 is 0 Å². The van der Waals surface area contributed by atoms with Crippen LogP contribution in [0.25, 0.3) is 0 Å². The van der Waals surface area contributed by atoms with E-state index in [9.17, 15) is 4.39 Å². The molecule has 2 N–H and O–H groups in total. The lowest BCUT2D eigenvalue weighted by atomic mass is 10.1. The molecule has 0 aliphatic heterocycles. The van der Waals surface area contributed by atoms with Crippen LogP contribution >= 0.6 is 43.2 Å². The fourth-order valence-electron chi connectivity index (χ4n) is 1.31. The Morgan fingerprint density at radius 3 is 2.75 bits per heavy atom. The summed E-state index contributed by atoms with van der Waals surface area (Å²) in [4.78, 5) is 4.59. The van der Waals surface area contributed by atoms with Crippen molar-refractivity contribution in [3.05, 3.63) is 49.0 Å². The Kier molecular flexibility index (Phi) is 3.73. The first-order chi connectivity index (χ1) is 7.59. The summed E-state index contributed by atoms with van der Waals surface area (Å²) in [5.74, 6) is -0.379. The molecule has 0 spiro atoms. The molecule has 0 amide bonds. The van der Waals surface area contributed by atoms with Gasteiger partial charge in [-0.25, -0.2) is 4.39 Å². The number of nitrogens with two attached hydrogens (primary N) is 1. The van der Waals surface area contributed by atoms with E-state index in [1.54, 1.807) is 6.07 Å². The first-order valence-electron chi connectivity index (χ1n) is 4.39. The molecule has 1 atom stereocenters. The zero-order chi connectivity index (χ0) is 11.7. The molecule has 16 heavy (non-hydrogen) atoms. The third-order valence-electron chi connectivity index (χ3n) is 2.11. The van der Waals surface area contributed by atoms with Crippen LogP contribution in [0.4, 0.5) is 4.39 Å². The molecule has 2 nitrogen and oxygen atoms in total. The Balaban J connectivity index is 2.39. The van der Waals surface area contributed by atoms with Gasteiger partial charge in [-0.15, -0.1) is 11.3 Å². The summed E-state index contributed by atoms with van der Waals surface area (Å²) in [5, 5.41) is 0. The summed E-state index contributed by atoms with van der Waals surface area (Å²) in [7, 11) is 0. The fourth-order valence-corrected chi connectivity index (χ4v) is 3.42. The molecule has 1 unspecified atom stereocenters. The lowest BCUT2D eigenvalue weighted by Gasteiger charge is -2.09. The van der Waals surface area contributed by atoms with Crippen molar-refractivity contribution >= 4 is 43.2 Å². The van der Waals surface area contributed by atoms with Crippen molar-refractivity contribution in [2.75, 3.05) is 0 Å². The van der Waals surface area contributed by atoms with Crippen LogP contribution in [0.2, 0.25) is 0 Å². The van der Waals surface area contributed by atoms with Crippen molar-refractivity contribution in [1.29, 1.82) is 0 Å². The average Bonchev–Trinajstić information content (AvgIpc) is 2.59. The molecule has 0 aliphatic carbocycles. The number of halogens is 3. The summed E-state index contributed by atoms with van der Waals surface area (Å²) < 4.78 is 15.4. The SMILES string of the molecule is NC(c1cc(Br)c(Br)s1)c1ccncc1F. The van der Waals surface area contributed by atoms with Gasteiger partial charge in [-0.1, -0.05) is 0 Å². The standard InChI is InChI=1S/C10H7Br2FN2S/c11-6-3-8(16-10(6)12)9(14)5-1-2-15-4-7(5)13/h1-4,9H,14H2. The van der Waals surface area contributed by atoms with Gasteiger partial charge < -0.3 is 5.73 Å². The highest BCUT2D eigenvalue weighted by molar-refractivity contribution is 9.13. The minimum Gasteiger partial charge on any atom is -0.320 e. The molecule has 0 saturated carbocycles. The summed E-state index contributed by atoms with van der Waals surface area (Å²) in [5.41, 5.74) is 6.46. The first-order valence-corrected chi connectivity index (χ1v) is 6.79. The predicted molar refractivity (Wildman–Crippen MR) is 69.9 cm³/mol. The van der Waals surface area contributed by atoms with E-state index in [0.717, 1.165) is 13.1 Å². The third-order valence-corrected chi connectivity index (χ3v) is 5.45. The number of aromatic nitrogens is 1. The van der Waals surface area contributed by atoms with Gasteiger partial charge in [0.1, 0.15) is 5.82 Å². The lowest BCUT2D eigenvalue weighted by Crippen LogP contribution is -2.12. The van der Waals surface area contributed by atoms with Gasteiger partial charge in [0, 0.05) is 21.1 Å². The van der Waals surface area contributed by atoms with Gasteiger partial charge in [-0.05, 0) is 44.0 Å². The molecular formula is C10H7Br2FN2S. The minimum atomic E-state index is -0.462. The molecule has 2 aromatic heterocycles. The van der Waals surface area contributed by atoms with Gasteiger partial charge in [-0.2, -0.15) is 0 Å². The summed E-state index contributed by atoms with van der Waals surface area (Å²) >= 11 is 8.25. The first kappa shape index (κ1) is 12.2. The van der Waals surface area contributed by atoms with E-state index in [0.29, 0.717) is 5.56 Å². The van der Waals surface area contributed by atoms with E-state index >= 15 is 0 Å². The number of pyridine rings is 1. The van der Waals surface area contributed by atoms with Crippen LogP contribution < -0.4 is 5.73 Å². The number of rotatable bonds is 2. The Hall–Kier alpha value is -0.300. The number of hydrogen-bond donors (Lipinski definition) is 1. The maximum absolute atomic E-state index is 13.5. The molecule has 84 valence electrons. The van der Waals surface area contributed by atoms with Crippen molar-refractivity contribution in [3.8, 4) is 0 Å². The zero-order valence-electron chi connectivity index (χ0n) is 7.95. The molecule has 0 radical (unpaired) electrons. The smallest absolute Gasteiger partial charge is 0.146 e. The molecule has 2 heterocycles. The molecule has 0 bridgehead atoms. The lowest BCUT2D eigenvalue weighted by molar-refractivity contribution is 0.594. The molecule has 0 fully saturated rings. The Bertz CT molecular complexity index is 496. The second-order valence-corrected chi connectivity index (χ2v) is 6.40. The number of nitrogens with zero attached hydrogens (tertiary/aromatic N) is 1. The van der Waals surface area contributed by atoms with Gasteiger partial charge in [0.15, 0.2) is 0 Å². The van der Waals surface area contributed by atoms with E-state index in [1.807, 2.05) is 6.07 Å². The van der Waals surface area contributed by atoms with Crippen LogP contribution in [0.3, 0.4) is 0 Å². The highest BCUT2D eigenvalue weighted by Crippen LogP contribution is 2.36. The van der Waals surface area contributed by atoms with E-state index in [2.05, 4.69) is 36.8 Å². The average molecular weight is 366 g/mol. The zero-order valence-corrected chi connectivity index (χ0v) is 11.9. The van der Waals surface area contributed by atoms with Crippen molar-refractivity contribution in [1.82, 2.24) is 4.98 Å². The topological polar surface area (TPSA) is 38.9 Å². The van der Waals surface area contributed by atoms with Crippen LogP contribution in [-0.4, -0.2) is 4.98 Å². The van der Waals surface area contributed by atoms with Crippen molar-refractivity contribution in [2.24, 2.45) is 5.73 Å². The fraction of sp³-hybridized carbons (Fsp3) is 0.100. The summed E-state index contributed by atoms with van der Waals surface area (Å²) in [6, 6.07) is 3.02. The Morgan fingerprint density at radius 2 is 2.19 bits per heavy atom. The quantitative estimate of drug-likeness (QED) is 0.877. The van der Waals surface area contributed by atoms with Crippen LogP contribution in [0.15, 0.2) is 32.8 Å². The Morgan fingerprint density at radius 1 is 1.44 bits per heavy atom. The number of thiophene rings is 1. The largest absolute Gasteiger partial charge is 0.320 e. The van der Waals surface area contributed by atoms with E-state index in [1.165, 1.54) is 23.7 Å². The summed E-state index contributed by atoms with van der Waals surface area (Å²) in [6.07, 6.45) is 2.71. The van der Waals surface area contributed by atoms with Gasteiger partial charge in [0.05, 0.1) is 16.0 Å². The summed E-state index contributed by atoms with van der Waals surface area (Å²) in [6.45, 7) is 0. The molecule has 6 heteroatoms. The Labute approximate surface area is 113 Å². The van der Waals surface area contributed by atoms with Crippen molar-refractivity contribution < 1.29 is 4.39 Å². The monoisotopic (exact) mass is 364 g/mol. The van der Waals surface area contributed by atoms with Crippen molar-refractivity contribution in [3.63, 3.8) is 0 Å². The second-order valence-electron chi connectivity index (χ2n) is 3.15. The molecule has 2 aromatic rings. The van der Waals surface area contributed by atoms with Crippen LogP contribution in [-0.2, 0) is 0 Å². The van der Waals surface area contributed by atoms with Crippen LogP contribution in [0.5, 0.6) is 0 Å². The molecule has 0 aliphatic rings. The highest BCUT2D eigenvalue weighted by Gasteiger charge is 2.16. The van der Waals surface area contributed by atoms with Crippen LogP contribution in [0, 0.1) is 5.82 Å². The van der Waals surface area contributed by atoms with Gasteiger partial charge in [0.25, 0.3) is 0 Å². The third kappa shape index (κ3) is 2.34. The molecule has 0 saturated heterocycles. The minimum absolute atomic E-state index is 0.379. The van der Waals surface area contributed by atoms with Crippen LogP contribution in [0.1, 0.15) is 16.5 Å². The molecular weight excluding hydrogens is 359 g/mol. The van der Waals surface area contributed by atoms with E-state index in [-0.39, 0.29) is 5.82 Å². The second kappa shape index (κ2) is 4.91. The van der Waals surface area contributed by atoms with E-state index < -0.39 is 6.04 Å². The predicted octanol–water partition coefficient (Wildman–Crippen LogP) is 3.86. The normalized spacial score (nSPS) is 12.8. The maximum atomic E-state index is 13.5. The molecule has 0 aromatic carbocycles. The van der Waals surface area contributed by atoms with Crippen molar-refractivity contribution in [2.45, 2.75) is 6.04 Å². The maximum Gasteiger partial charge on any atom is 0.146 e. The molecule has 2 rings (SSSR count). The van der Waals surface area contributed by atoms with Gasteiger partial charge in [0.2, 0.25) is 0 Å².